The van der Waals surface area contributed by atoms with Gasteiger partial charge in [0, 0.05) is 12.1 Å². The van der Waals surface area contributed by atoms with E-state index in [1.54, 1.807) is 6.07 Å². The Morgan fingerprint density at radius 2 is 1.94 bits per heavy atom. The van der Waals surface area contributed by atoms with Crippen LogP contribution >= 0.6 is 0 Å². The molecule has 2 aromatic rings. The van der Waals surface area contributed by atoms with Gasteiger partial charge in [0.05, 0.1) is 5.10 Å². The number of nitrogens with zero attached hydrogens (tertiary/aromatic N) is 3. The van der Waals surface area contributed by atoms with Crippen LogP contribution in [0.5, 0.6) is 0 Å². The first-order valence-electron chi connectivity index (χ1n) is 6.46. The lowest BCUT2D eigenvalue weighted by Crippen LogP contribution is -2.35. The standard InChI is InChI=1S/C13H16N4O/c18-17-12-9-5-4-8-11(12)15-13(16-17)14-10-6-2-1-3-7-10/h4-5,8-10H,1-3,6-7H2,(H,14,15,16). The van der Waals surface area contributed by atoms with Crippen molar-refractivity contribution in [1.82, 2.24) is 10.1 Å². The molecule has 0 spiro atoms. The Labute approximate surface area is 105 Å². The van der Waals surface area contributed by atoms with Gasteiger partial charge in [0.25, 0.3) is 11.5 Å². The van der Waals surface area contributed by atoms with Gasteiger partial charge in [-0.25, -0.2) is 4.98 Å². The monoisotopic (exact) mass is 244 g/mol. The number of hydrogen-bond acceptors (Lipinski definition) is 4. The quantitative estimate of drug-likeness (QED) is 0.648. The molecule has 1 aliphatic carbocycles. The Bertz CT molecular complexity index is 552. The predicted molar refractivity (Wildman–Crippen MR) is 69.0 cm³/mol. The Morgan fingerprint density at radius 1 is 1.17 bits per heavy atom. The van der Waals surface area contributed by atoms with E-state index in [9.17, 15) is 5.21 Å². The van der Waals surface area contributed by atoms with Crippen molar-refractivity contribution in [3.8, 4) is 0 Å². The molecule has 1 heterocycles. The number of fused-ring (bicyclic) bond motifs is 1. The molecule has 1 fully saturated rings. The number of anilines is 1. The van der Waals surface area contributed by atoms with Crippen LogP contribution in [-0.4, -0.2) is 16.1 Å². The van der Waals surface area contributed by atoms with Crippen molar-refractivity contribution < 1.29 is 4.85 Å². The smallest absolute Gasteiger partial charge is 0.290 e. The van der Waals surface area contributed by atoms with Crippen LogP contribution in [0.25, 0.3) is 11.0 Å². The van der Waals surface area contributed by atoms with E-state index in [4.69, 9.17) is 0 Å². The minimum absolute atomic E-state index is 0.403. The van der Waals surface area contributed by atoms with Crippen LogP contribution < -0.4 is 10.2 Å². The summed E-state index contributed by atoms with van der Waals surface area (Å²) in [4.78, 5) is 5.03. The van der Waals surface area contributed by atoms with Gasteiger partial charge in [0.2, 0.25) is 0 Å². The molecule has 1 aliphatic rings. The normalized spacial score (nSPS) is 16.9. The second kappa shape index (κ2) is 4.76. The highest BCUT2D eigenvalue weighted by atomic mass is 16.5. The van der Waals surface area contributed by atoms with Crippen molar-refractivity contribution in [2.75, 3.05) is 5.32 Å². The Kier molecular flexibility index (Phi) is 2.96. The Balaban J connectivity index is 1.87. The SMILES string of the molecule is [O-][n+]1nc(NC2CCCCC2)nc2ccccc21. The van der Waals surface area contributed by atoms with E-state index in [1.807, 2.05) is 18.2 Å². The van der Waals surface area contributed by atoms with Crippen molar-refractivity contribution in [2.45, 2.75) is 38.1 Å². The number of nitrogens with one attached hydrogen (secondary N) is 1. The summed E-state index contributed by atoms with van der Waals surface area (Å²) in [7, 11) is 0. The summed E-state index contributed by atoms with van der Waals surface area (Å²) >= 11 is 0. The van der Waals surface area contributed by atoms with Crippen LogP contribution in [0.15, 0.2) is 24.3 Å². The fourth-order valence-electron chi connectivity index (χ4n) is 2.49. The fourth-order valence-corrected chi connectivity index (χ4v) is 2.49. The first-order valence-corrected chi connectivity index (χ1v) is 6.46. The third kappa shape index (κ3) is 2.20. The average Bonchev–Trinajstić information content (AvgIpc) is 2.40. The summed E-state index contributed by atoms with van der Waals surface area (Å²) in [5, 5.41) is 19.0. The highest BCUT2D eigenvalue weighted by Crippen LogP contribution is 2.20. The first-order chi connectivity index (χ1) is 8.83. The predicted octanol–water partition coefficient (Wildman–Crippen LogP) is 2.01. The largest absolute Gasteiger partial charge is 0.594 e. The maximum absolute atomic E-state index is 11.8. The lowest BCUT2D eigenvalue weighted by atomic mass is 9.96. The maximum atomic E-state index is 11.8. The van der Waals surface area contributed by atoms with Crippen molar-refractivity contribution in [1.29, 1.82) is 0 Å². The summed E-state index contributed by atoms with van der Waals surface area (Å²) in [5.74, 6) is 0.440. The van der Waals surface area contributed by atoms with Gasteiger partial charge in [-0.3, -0.25) is 0 Å². The third-order valence-electron chi connectivity index (χ3n) is 3.44. The molecule has 5 heteroatoms. The first kappa shape index (κ1) is 11.2. The van der Waals surface area contributed by atoms with E-state index in [1.165, 1.54) is 19.3 Å². The molecule has 0 radical (unpaired) electrons. The van der Waals surface area contributed by atoms with Crippen LogP contribution in [0.3, 0.4) is 0 Å². The third-order valence-corrected chi connectivity index (χ3v) is 3.44. The zero-order chi connectivity index (χ0) is 12.4. The Morgan fingerprint density at radius 3 is 2.78 bits per heavy atom. The molecular weight excluding hydrogens is 228 g/mol. The van der Waals surface area contributed by atoms with Gasteiger partial charge < -0.3 is 10.5 Å². The van der Waals surface area contributed by atoms with Gasteiger partial charge in [0.15, 0.2) is 0 Å². The molecule has 1 aromatic carbocycles. The number of benzene rings is 1. The van der Waals surface area contributed by atoms with Crippen LogP contribution in [0.1, 0.15) is 32.1 Å². The lowest BCUT2D eigenvalue weighted by Gasteiger charge is -2.22. The number of hydrogen-bond donors (Lipinski definition) is 1. The van der Waals surface area contributed by atoms with Crippen LogP contribution in [0, 0.1) is 5.21 Å². The molecule has 0 aliphatic heterocycles. The topological polar surface area (TPSA) is 64.8 Å². The summed E-state index contributed by atoms with van der Waals surface area (Å²) in [6, 6.07) is 7.65. The van der Waals surface area contributed by atoms with E-state index < -0.39 is 0 Å². The van der Waals surface area contributed by atoms with Gasteiger partial charge in [-0.2, -0.15) is 0 Å². The molecule has 3 rings (SSSR count). The van der Waals surface area contributed by atoms with Crippen molar-refractivity contribution >= 4 is 17.0 Å². The maximum Gasteiger partial charge on any atom is 0.290 e. The van der Waals surface area contributed by atoms with Crippen molar-refractivity contribution in [3.63, 3.8) is 0 Å². The van der Waals surface area contributed by atoms with E-state index in [0.717, 1.165) is 12.8 Å². The van der Waals surface area contributed by atoms with Gasteiger partial charge in [-0.15, -0.1) is 0 Å². The fraction of sp³-hybridized carbons (Fsp3) is 0.462. The summed E-state index contributed by atoms with van der Waals surface area (Å²) in [6.07, 6.45) is 6.05. The molecule has 0 bridgehead atoms. The van der Waals surface area contributed by atoms with Gasteiger partial charge in [0.1, 0.15) is 5.52 Å². The molecule has 5 nitrogen and oxygen atoms in total. The Hall–Kier alpha value is -1.91. The molecule has 0 atom stereocenters. The van der Waals surface area contributed by atoms with Crippen LogP contribution in [0.2, 0.25) is 0 Å². The van der Waals surface area contributed by atoms with Gasteiger partial charge in [-0.05, 0) is 23.8 Å². The van der Waals surface area contributed by atoms with Crippen LogP contribution in [-0.2, 0) is 0 Å². The molecule has 18 heavy (non-hydrogen) atoms. The zero-order valence-electron chi connectivity index (χ0n) is 10.2. The minimum Gasteiger partial charge on any atom is -0.594 e. The van der Waals surface area contributed by atoms with Gasteiger partial charge >= 0.3 is 0 Å². The van der Waals surface area contributed by atoms with E-state index in [0.29, 0.717) is 27.9 Å². The summed E-state index contributed by atoms with van der Waals surface area (Å²) < 4.78 is 0. The van der Waals surface area contributed by atoms with Crippen molar-refractivity contribution in [3.05, 3.63) is 29.5 Å². The van der Waals surface area contributed by atoms with Crippen LogP contribution in [0.4, 0.5) is 5.95 Å². The molecular formula is C13H16N4O. The second-order valence-electron chi connectivity index (χ2n) is 4.78. The molecule has 94 valence electrons. The molecule has 0 saturated heterocycles. The number of aromatic nitrogens is 3. The molecule has 1 aromatic heterocycles. The summed E-state index contributed by atoms with van der Waals surface area (Å²) in [6.45, 7) is 0. The molecule has 1 N–H and O–H groups in total. The van der Waals surface area contributed by atoms with Gasteiger partial charge in [-0.1, -0.05) is 31.4 Å². The van der Waals surface area contributed by atoms with Crippen molar-refractivity contribution in [2.24, 2.45) is 0 Å². The van der Waals surface area contributed by atoms with E-state index in [2.05, 4.69) is 15.4 Å². The zero-order valence-corrected chi connectivity index (χ0v) is 10.2. The average molecular weight is 244 g/mol. The summed E-state index contributed by atoms with van der Waals surface area (Å²) in [5.41, 5.74) is 1.19. The minimum atomic E-state index is 0.403. The molecule has 0 unspecified atom stereocenters. The highest BCUT2D eigenvalue weighted by molar-refractivity contribution is 5.71. The lowest BCUT2D eigenvalue weighted by molar-refractivity contribution is -0.641. The number of rotatable bonds is 2. The molecule has 0 amide bonds. The van der Waals surface area contributed by atoms with E-state index >= 15 is 0 Å². The van der Waals surface area contributed by atoms with E-state index in [-0.39, 0.29) is 0 Å². The second-order valence-corrected chi connectivity index (χ2v) is 4.78. The number of para-hydroxylation sites is 2. The highest BCUT2D eigenvalue weighted by Gasteiger charge is 2.16. The molecule has 1 saturated carbocycles.